The monoisotopic (exact) mass is 416 g/mol. The number of imide groups is 1. The highest BCUT2D eigenvalue weighted by Crippen LogP contribution is 2.54. The molecule has 2 fully saturated rings. The first kappa shape index (κ1) is 19.5. The summed E-state index contributed by atoms with van der Waals surface area (Å²) in [5.41, 5.74) is 2.01. The van der Waals surface area contributed by atoms with Crippen LogP contribution >= 0.6 is 0 Å². The van der Waals surface area contributed by atoms with Crippen LogP contribution in [-0.4, -0.2) is 27.7 Å². The highest BCUT2D eigenvalue weighted by molar-refractivity contribution is 6.07. The van der Waals surface area contributed by atoms with Crippen LogP contribution in [0.4, 0.5) is 5.69 Å². The molecule has 1 aliphatic heterocycles. The molecule has 6 heteroatoms. The van der Waals surface area contributed by atoms with Crippen LogP contribution in [0.5, 0.6) is 5.75 Å². The average Bonchev–Trinajstić information content (AvgIpc) is 3.43. The molecule has 1 heterocycles. The average molecular weight is 416 g/mol. The number of likely N-dealkylation sites (tertiary alicyclic amines) is 1. The molecule has 5 atom stereocenters. The van der Waals surface area contributed by atoms with Gasteiger partial charge in [0.1, 0.15) is 5.75 Å². The van der Waals surface area contributed by atoms with Gasteiger partial charge < -0.3 is 10.4 Å². The van der Waals surface area contributed by atoms with Crippen LogP contribution in [-0.2, 0) is 14.4 Å². The van der Waals surface area contributed by atoms with E-state index in [-0.39, 0.29) is 53.6 Å². The molecule has 2 bridgehead atoms. The first-order valence-electron chi connectivity index (χ1n) is 10.6. The summed E-state index contributed by atoms with van der Waals surface area (Å²) in [6.45, 7) is 1.92. The first-order chi connectivity index (χ1) is 15.0. The number of fused-ring (bicyclic) bond motifs is 5. The topological polar surface area (TPSA) is 86.7 Å². The molecule has 2 aromatic carbocycles. The number of para-hydroxylation sites is 2. The molecule has 0 spiro atoms. The molecule has 2 aliphatic carbocycles. The number of carbonyl (C=O) groups is 3. The minimum atomic E-state index is -0.683. The summed E-state index contributed by atoms with van der Waals surface area (Å²) in [6.07, 6.45) is 4.92. The van der Waals surface area contributed by atoms with Crippen molar-refractivity contribution in [3.63, 3.8) is 0 Å². The highest BCUT2D eigenvalue weighted by Gasteiger charge is 2.60. The molecule has 1 saturated carbocycles. The van der Waals surface area contributed by atoms with Crippen molar-refractivity contribution in [2.24, 2.45) is 23.7 Å². The Hall–Kier alpha value is -3.41. The minimum absolute atomic E-state index is 0.0335. The fraction of sp³-hybridized carbons (Fsp3) is 0.320. The van der Waals surface area contributed by atoms with E-state index in [1.165, 1.54) is 11.0 Å². The second-order valence-corrected chi connectivity index (χ2v) is 8.69. The predicted molar refractivity (Wildman–Crippen MR) is 115 cm³/mol. The van der Waals surface area contributed by atoms with E-state index in [4.69, 9.17) is 0 Å². The molecule has 3 amide bonds. The zero-order valence-corrected chi connectivity index (χ0v) is 17.2. The molecule has 158 valence electrons. The lowest BCUT2D eigenvalue weighted by molar-refractivity contribution is -0.144. The second kappa shape index (κ2) is 7.38. The lowest BCUT2D eigenvalue weighted by atomic mass is 9.85. The van der Waals surface area contributed by atoms with E-state index in [2.05, 4.69) is 17.5 Å². The van der Waals surface area contributed by atoms with E-state index in [0.29, 0.717) is 5.69 Å². The Labute approximate surface area is 180 Å². The van der Waals surface area contributed by atoms with Crippen molar-refractivity contribution >= 4 is 23.4 Å². The number of benzene rings is 2. The predicted octanol–water partition coefficient (Wildman–Crippen LogP) is 3.58. The van der Waals surface area contributed by atoms with E-state index in [1.54, 1.807) is 18.2 Å². The van der Waals surface area contributed by atoms with Gasteiger partial charge in [-0.3, -0.25) is 19.3 Å². The number of amides is 3. The number of anilines is 1. The van der Waals surface area contributed by atoms with E-state index in [9.17, 15) is 19.5 Å². The van der Waals surface area contributed by atoms with Gasteiger partial charge in [0.25, 0.3) is 0 Å². The number of nitrogens with one attached hydrogen (secondary N) is 1. The quantitative estimate of drug-likeness (QED) is 0.443. The molecule has 5 rings (SSSR count). The molecule has 6 nitrogen and oxygen atoms in total. The largest absolute Gasteiger partial charge is 0.506 e. The van der Waals surface area contributed by atoms with Gasteiger partial charge in [-0.15, -0.1) is 0 Å². The van der Waals surface area contributed by atoms with Crippen LogP contribution in [0.3, 0.4) is 0 Å². The summed E-state index contributed by atoms with van der Waals surface area (Å²) in [5.74, 6) is -1.13. The number of aryl methyl sites for hydroxylation is 1. The van der Waals surface area contributed by atoms with Gasteiger partial charge in [-0.25, -0.2) is 0 Å². The smallest absolute Gasteiger partial charge is 0.234 e. The Balaban J connectivity index is 1.47. The molecule has 0 aromatic heterocycles. The van der Waals surface area contributed by atoms with E-state index in [0.717, 1.165) is 17.5 Å². The van der Waals surface area contributed by atoms with Crippen LogP contribution in [0, 0.1) is 30.6 Å². The van der Waals surface area contributed by atoms with Gasteiger partial charge in [-0.2, -0.15) is 0 Å². The normalized spacial score (nSPS) is 26.9. The molecule has 1 saturated heterocycles. The number of hydrogen-bond donors (Lipinski definition) is 2. The fourth-order valence-corrected chi connectivity index (χ4v) is 5.49. The maximum atomic E-state index is 13.4. The van der Waals surface area contributed by atoms with Crippen LogP contribution in [0.1, 0.15) is 30.0 Å². The van der Waals surface area contributed by atoms with Gasteiger partial charge in [0.15, 0.2) is 0 Å². The SMILES string of the molecule is Cc1ccccc1C(CC(=O)Nc1ccccc1O)N1C(=O)C2C3C=CC(C3)C2C1=O. The summed E-state index contributed by atoms with van der Waals surface area (Å²) < 4.78 is 0. The number of aromatic hydroxyl groups is 1. The summed E-state index contributed by atoms with van der Waals surface area (Å²) in [5, 5.41) is 12.7. The highest BCUT2D eigenvalue weighted by atomic mass is 16.3. The Bertz CT molecular complexity index is 1080. The number of carbonyl (C=O) groups excluding carboxylic acids is 3. The van der Waals surface area contributed by atoms with Gasteiger partial charge in [0.05, 0.1) is 30.0 Å². The zero-order valence-electron chi connectivity index (χ0n) is 17.2. The van der Waals surface area contributed by atoms with Crippen molar-refractivity contribution < 1.29 is 19.5 Å². The van der Waals surface area contributed by atoms with Gasteiger partial charge in [0.2, 0.25) is 17.7 Å². The van der Waals surface area contributed by atoms with E-state index < -0.39 is 6.04 Å². The van der Waals surface area contributed by atoms with E-state index in [1.807, 2.05) is 31.2 Å². The number of phenolic OH excluding ortho intramolecular Hbond substituents is 1. The molecule has 0 radical (unpaired) electrons. The third-order valence-corrected chi connectivity index (χ3v) is 6.92. The number of phenols is 1. The van der Waals surface area contributed by atoms with Crippen molar-refractivity contribution in [3.05, 3.63) is 71.8 Å². The fourth-order valence-electron chi connectivity index (χ4n) is 5.49. The standard InChI is InChI=1S/C25H24N2O4/c1-14-6-2-3-7-17(14)19(13-21(29)26-18-8-4-5-9-20(18)28)27-24(30)22-15-10-11-16(12-15)23(22)25(27)31/h2-11,15-16,19,22-23,28H,12-13H2,1H3,(H,26,29). The third kappa shape index (κ3) is 3.14. The first-order valence-corrected chi connectivity index (χ1v) is 10.6. The lowest BCUT2D eigenvalue weighted by Gasteiger charge is -2.29. The second-order valence-electron chi connectivity index (χ2n) is 8.69. The molecule has 2 aromatic rings. The Morgan fingerprint density at radius 2 is 1.65 bits per heavy atom. The van der Waals surface area contributed by atoms with Crippen LogP contribution in [0.25, 0.3) is 0 Å². The van der Waals surface area contributed by atoms with Crippen molar-refractivity contribution in [1.82, 2.24) is 4.90 Å². The van der Waals surface area contributed by atoms with Crippen molar-refractivity contribution in [1.29, 1.82) is 0 Å². The summed E-state index contributed by atoms with van der Waals surface area (Å²) in [4.78, 5) is 41.1. The maximum absolute atomic E-state index is 13.4. The van der Waals surface area contributed by atoms with E-state index >= 15 is 0 Å². The maximum Gasteiger partial charge on any atom is 0.234 e. The molecular weight excluding hydrogens is 392 g/mol. The molecule has 3 aliphatic rings. The Kier molecular flexibility index (Phi) is 4.65. The summed E-state index contributed by atoms with van der Waals surface area (Å²) in [6, 6.07) is 13.3. The van der Waals surface area contributed by atoms with Gasteiger partial charge in [-0.1, -0.05) is 48.6 Å². The summed E-state index contributed by atoms with van der Waals surface area (Å²) in [7, 11) is 0. The molecular formula is C25H24N2O4. The van der Waals surface area contributed by atoms with Crippen LogP contribution in [0.15, 0.2) is 60.7 Å². The van der Waals surface area contributed by atoms with Gasteiger partial charge in [0, 0.05) is 0 Å². The van der Waals surface area contributed by atoms with Gasteiger partial charge >= 0.3 is 0 Å². The zero-order chi connectivity index (χ0) is 21.7. The number of rotatable bonds is 5. The van der Waals surface area contributed by atoms with Crippen molar-refractivity contribution in [3.8, 4) is 5.75 Å². The van der Waals surface area contributed by atoms with Gasteiger partial charge in [-0.05, 0) is 48.4 Å². The Morgan fingerprint density at radius 3 is 2.29 bits per heavy atom. The molecule has 31 heavy (non-hydrogen) atoms. The van der Waals surface area contributed by atoms with Crippen molar-refractivity contribution in [2.75, 3.05) is 5.32 Å². The number of nitrogens with zero attached hydrogens (tertiary/aromatic N) is 1. The Morgan fingerprint density at radius 1 is 1.03 bits per heavy atom. The minimum Gasteiger partial charge on any atom is -0.506 e. The van der Waals surface area contributed by atoms with Crippen molar-refractivity contribution in [2.45, 2.75) is 25.8 Å². The number of hydrogen-bond acceptors (Lipinski definition) is 4. The molecule has 2 N–H and O–H groups in total. The third-order valence-electron chi connectivity index (χ3n) is 6.92. The van der Waals surface area contributed by atoms with Crippen LogP contribution < -0.4 is 5.32 Å². The lowest BCUT2D eigenvalue weighted by Crippen LogP contribution is -2.38. The summed E-state index contributed by atoms with van der Waals surface area (Å²) >= 11 is 0. The van der Waals surface area contributed by atoms with Crippen LogP contribution in [0.2, 0.25) is 0 Å². The molecule has 5 unspecified atom stereocenters. The number of allylic oxidation sites excluding steroid dienone is 2.